The van der Waals surface area contributed by atoms with Crippen molar-refractivity contribution >= 4 is 60.9 Å². The maximum Gasteiger partial charge on any atom is 0.137 e. The molecule has 14 rings (SSSR count). The second-order valence-electron chi connectivity index (χ2n) is 20.8. The van der Waals surface area contributed by atoms with Crippen molar-refractivity contribution in [3.8, 4) is 44.5 Å². The summed E-state index contributed by atoms with van der Waals surface area (Å²) < 4.78 is 13.2. The quantitative estimate of drug-likeness (QED) is 0.152. The molecular weight excluding hydrogens is 899 g/mol. The number of anilines is 3. The maximum atomic E-state index is 6.73. The molecular formula is C71H51NO2. The van der Waals surface area contributed by atoms with E-state index in [-0.39, 0.29) is 5.41 Å². The molecule has 3 heteroatoms. The van der Waals surface area contributed by atoms with Gasteiger partial charge in [0.2, 0.25) is 0 Å². The Balaban J connectivity index is 1.01. The molecule has 0 amide bonds. The van der Waals surface area contributed by atoms with Crippen molar-refractivity contribution in [2.75, 3.05) is 4.90 Å². The Kier molecular flexibility index (Phi) is 10.00. The fraction of sp³-hybridized carbons (Fsp3) is 0.0704. The van der Waals surface area contributed by atoms with E-state index in [1.54, 1.807) is 0 Å². The normalized spacial score (nSPS) is 14.2. The highest BCUT2D eigenvalue weighted by Crippen LogP contribution is 2.59. The third-order valence-corrected chi connectivity index (χ3v) is 15.5. The molecule has 2 aromatic heterocycles. The zero-order chi connectivity index (χ0) is 49.5. The first-order valence-electron chi connectivity index (χ1n) is 25.6. The molecule has 0 saturated carbocycles. The van der Waals surface area contributed by atoms with Crippen molar-refractivity contribution in [2.45, 2.75) is 31.6 Å². The van der Waals surface area contributed by atoms with Gasteiger partial charge >= 0.3 is 0 Å². The minimum Gasteiger partial charge on any atom is -0.456 e. The predicted molar refractivity (Wildman–Crippen MR) is 308 cm³/mol. The lowest BCUT2D eigenvalue weighted by atomic mass is 9.67. The van der Waals surface area contributed by atoms with Crippen LogP contribution in [0.1, 0.15) is 48.6 Å². The first-order chi connectivity index (χ1) is 36.3. The molecule has 0 bridgehead atoms. The van der Waals surface area contributed by atoms with E-state index in [0.29, 0.717) is 0 Å². The second kappa shape index (κ2) is 17.0. The third kappa shape index (κ3) is 6.81. The molecule has 1 unspecified atom stereocenters. The molecule has 13 aromatic rings. The van der Waals surface area contributed by atoms with E-state index in [4.69, 9.17) is 8.83 Å². The zero-order valence-electron chi connectivity index (χ0n) is 41.5. The average Bonchev–Trinajstić information content (AvgIpc) is 4.14. The Morgan fingerprint density at radius 2 is 0.905 bits per heavy atom. The zero-order valence-corrected chi connectivity index (χ0v) is 41.5. The number of fused-ring (bicyclic) bond motifs is 9. The van der Waals surface area contributed by atoms with Crippen molar-refractivity contribution in [3.63, 3.8) is 0 Å². The van der Waals surface area contributed by atoms with E-state index < -0.39 is 5.41 Å². The molecule has 1 aliphatic rings. The van der Waals surface area contributed by atoms with E-state index in [0.717, 1.165) is 72.1 Å². The number of furan rings is 2. The largest absolute Gasteiger partial charge is 0.456 e. The minimum atomic E-state index is -0.681. The summed E-state index contributed by atoms with van der Waals surface area (Å²) in [7, 11) is 0. The number of hydrogen-bond acceptors (Lipinski definition) is 3. The van der Waals surface area contributed by atoms with Gasteiger partial charge in [-0.3, -0.25) is 0 Å². The fourth-order valence-corrected chi connectivity index (χ4v) is 12.1. The van der Waals surface area contributed by atoms with E-state index in [1.807, 2.05) is 6.07 Å². The van der Waals surface area contributed by atoms with E-state index in [2.05, 4.69) is 274 Å². The van der Waals surface area contributed by atoms with Gasteiger partial charge in [-0.15, -0.1) is 0 Å². The SMILES string of the molecule is CC(C)(C)c1ccc(-c2ccc(N(c3cccc(C4(c5ccccc5)c5ccccc5-c5c(-c6cccc7oc8ccccc8c67)cccc54)c3)c3cccc4oc5ccc(-c6ccccc6)cc5c34)cc2)cc1. The topological polar surface area (TPSA) is 29.5 Å². The smallest absolute Gasteiger partial charge is 0.137 e. The van der Waals surface area contributed by atoms with Gasteiger partial charge < -0.3 is 13.7 Å². The Morgan fingerprint density at radius 1 is 0.351 bits per heavy atom. The van der Waals surface area contributed by atoms with Crippen LogP contribution < -0.4 is 4.90 Å². The molecule has 0 fully saturated rings. The summed E-state index contributed by atoms with van der Waals surface area (Å²) in [6.07, 6.45) is 0. The van der Waals surface area contributed by atoms with E-state index >= 15 is 0 Å². The van der Waals surface area contributed by atoms with Gasteiger partial charge in [-0.1, -0.05) is 215 Å². The highest BCUT2D eigenvalue weighted by molar-refractivity contribution is 6.16. The third-order valence-electron chi connectivity index (χ3n) is 15.5. The lowest BCUT2D eigenvalue weighted by molar-refractivity contribution is 0.590. The van der Waals surface area contributed by atoms with Crippen LogP contribution in [0.15, 0.2) is 264 Å². The van der Waals surface area contributed by atoms with Gasteiger partial charge in [0.05, 0.1) is 16.5 Å². The molecule has 352 valence electrons. The number of para-hydroxylation sites is 1. The summed E-state index contributed by atoms with van der Waals surface area (Å²) in [4.78, 5) is 2.43. The summed E-state index contributed by atoms with van der Waals surface area (Å²) in [5, 5.41) is 4.38. The number of hydrogen-bond donors (Lipinski definition) is 0. The lowest BCUT2D eigenvalue weighted by Gasteiger charge is -2.35. The Morgan fingerprint density at radius 3 is 1.69 bits per heavy atom. The summed E-state index contributed by atoms with van der Waals surface area (Å²) >= 11 is 0. The fourth-order valence-electron chi connectivity index (χ4n) is 12.1. The van der Waals surface area contributed by atoms with Crippen LogP contribution in [0.3, 0.4) is 0 Å². The van der Waals surface area contributed by atoms with Crippen LogP contribution in [0.2, 0.25) is 0 Å². The molecule has 0 aliphatic heterocycles. The first-order valence-corrected chi connectivity index (χ1v) is 25.6. The molecule has 0 spiro atoms. The molecule has 0 N–H and O–H groups in total. The van der Waals surface area contributed by atoms with Crippen LogP contribution in [0.25, 0.3) is 88.4 Å². The number of benzene rings is 11. The van der Waals surface area contributed by atoms with Crippen molar-refractivity contribution in [2.24, 2.45) is 0 Å². The molecule has 2 heterocycles. The van der Waals surface area contributed by atoms with Gasteiger partial charge in [-0.25, -0.2) is 0 Å². The summed E-state index contributed by atoms with van der Waals surface area (Å²) in [6.45, 7) is 6.79. The Hall–Kier alpha value is -9.18. The van der Waals surface area contributed by atoms with Gasteiger partial charge in [0.1, 0.15) is 22.3 Å². The number of rotatable bonds is 8. The van der Waals surface area contributed by atoms with Gasteiger partial charge in [0.25, 0.3) is 0 Å². The number of nitrogens with zero attached hydrogens (tertiary/aromatic N) is 1. The van der Waals surface area contributed by atoms with E-state index in [9.17, 15) is 0 Å². The van der Waals surface area contributed by atoms with Crippen LogP contribution in [0, 0.1) is 0 Å². The van der Waals surface area contributed by atoms with Gasteiger partial charge in [-0.05, 0) is 138 Å². The molecule has 74 heavy (non-hydrogen) atoms. The van der Waals surface area contributed by atoms with Crippen molar-refractivity contribution in [1.82, 2.24) is 0 Å². The lowest BCUT2D eigenvalue weighted by Crippen LogP contribution is -2.29. The van der Waals surface area contributed by atoms with Crippen molar-refractivity contribution in [3.05, 3.63) is 283 Å². The molecule has 11 aromatic carbocycles. The molecule has 1 aliphatic carbocycles. The first kappa shape index (κ1) is 43.6. The van der Waals surface area contributed by atoms with Crippen molar-refractivity contribution in [1.29, 1.82) is 0 Å². The summed E-state index contributed by atoms with van der Waals surface area (Å²) in [5.41, 5.74) is 21.7. The van der Waals surface area contributed by atoms with Crippen molar-refractivity contribution < 1.29 is 8.83 Å². The molecule has 3 nitrogen and oxygen atoms in total. The predicted octanol–water partition coefficient (Wildman–Crippen LogP) is 19.6. The average molecular weight is 950 g/mol. The van der Waals surface area contributed by atoms with E-state index in [1.165, 1.54) is 61.2 Å². The minimum absolute atomic E-state index is 0.0752. The van der Waals surface area contributed by atoms with Crippen LogP contribution in [-0.2, 0) is 10.8 Å². The van der Waals surface area contributed by atoms with Crippen LogP contribution >= 0.6 is 0 Å². The molecule has 0 radical (unpaired) electrons. The summed E-state index contributed by atoms with van der Waals surface area (Å²) in [5.74, 6) is 0. The molecule has 0 saturated heterocycles. The molecule has 1 atom stereocenters. The highest BCUT2D eigenvalue weighted by Gasteiger charge is 2.47. The standard InChI is InChI=1S/C71H51NO2/c1-70(2,3)50-39-34-47(35-40-50)48-36-41-53(42-37-48)72(62-30-17-33-66-69(62)59-44-49(38-43-64(59)74-66)46-18-6-4-7-19-46)54-23-14-22-52(45-54)71(51-20-8-5-9-21-51)60-28-12-10-24-57(60)67-55(26-15-29-61(67)71)56-27-16-32-65-68(56)58-25-11-13-31-63(58)73-65/h4-45H,1-3H3. The van der Waals surface area contributed by atoms with Gasteiger partial charge in [0.15, 0.2) is 0 Å². The second-order valence-corrected chi connectivity index (χ2v) is 20.8. The van der Waals surface area contributed by atoms with Gasteiger partial charge in [-0.2, -0.15) is 0 Å². The monoisotopic (exact) mass is 949 g/mol. The van der Waals surface area contributed by atoms with Crippen LogP contribution in [0.5, 0.6) is 0 Å². The van der Waals surface area contributed by atoms with Crippen LogP contribution in [0.4, 0.5) is 17.1 Å². The summed E-state index contributed by atoms with van der Waals surface area (Å²) in [6, 6.07) is 93.0. The van der Waals surface area contributed by atoms with Gasteiger partial charge in [0, 0.05) is 27.5 Å². The Labute approximate surface area is 431 Å². The maximum absolute atomic E-state index is 6.73. The Bertz CT molecular complexity index is 4270. The highest BCUT2D eigenvalue weighted by atomic mass is 16.3. The van der Waals surface area contributed by atoms with Crippen LogP contribution in [-0.4, -0.2) is 0 Å².